The highest BCUT2D eigenvalue weighted by atomic mass is 16.5. The van der Waals surface area contributed by atoms with Crippen molar-refractivity contribution in [1.82, 2.24) is 24.6 Å². The number of hydrogen-bond acceptors (Lipinski definition) is 7. The molecular formula is C21H23N5O5. The number of hydrogen-bond donors (Lipinski definition) is 1. The second-order valence-corrected chi connectivity index (χ2v) is 6.54. The molecule has 3 rings (SSSR count). The highest BCUT2D eigenvalue weighted by Crippen LogP contribution is 2.28. The average molecular weight is 425 g/mol. The van der Waals surface area contributed by atoms with Crippen molar-refractivity contribution < 1.29 is 14.3 Å². The molecule has 10 nitrogen and oxygen atoms in total. The Morgan fingerprint density at radius 1 is 1.10 bits per heavy atom. The molecule has 0 aliphatic heterocycles. The summed E-state index contributed by atoms with van der Waals surface area (Å²) in [5.41, 5.74) is -0.842. The summed E-state index contributed by atoms with van der Waals surface area (Å²) < 4.78 is 12.5. The minimum Gasteiger partial charge on any atom is -0.493 e. The fourth-order valence-electron chi connectivity index (χ4n) is 2.96. The van der Waals surface area contributed by atoms with E-state index in [0.717, 1.165) is 9.25 Å². The summed E-state index contributed by atoms with van der Waals surface area (Å²) in [5.74, 6) is 0.146. The molecule has 0 saturated heterocycles. The first-order valence-corrected chi connectivity index (χ1v) is 9.64. The lowest BCUT2D eigenvalue weighted by Gasteiger charge is -2.13. The molecule has 1 aromatic carbocycles. The molecule has 0 aliphatic carbocycles. The summed E-state index contributed by atoms with van der Waals surface area (Å²) in [6.07, 6.45) is 2.13. The first-order valence-electron chi connectivity index (χ1n) is 9.64. The highest BCUT2D eigenvalue weighted by molar-refractivity contribution is 5.91. The monoisotopic (exact) mass is 425 g/mol. The van der Waals surface area contributed by atoms with Crippen LogP contribution < -0.4 is 26.0 Å². The van der Waals surface area contributed by atoms with Gasteiger partial charge >= 0.3 is 5.69 Å². The molecule has 3 aromatic rings. The zero-order valence-electron chi connectivity index (χ0n) is 17.5. The van der Waals surface area contributed by atoms with Crippen molar-refractivity contribution in [2.45, 2.75) is 26.4 Å². The van der Waals surface area contributed by atoms with Gasteiger partial charge in [-0.05, 0) is 30.7 Å². The number of nitrogens with zero attached hydrogens (tertiary/aromatic N) is 4. The molecule has 1 amide bonds. The van der Waals surface area contributed by atoms with Crippen LogP contribution >= 0.6 is 0 Å². The van der Waals surface area contributed by atoms with Crippen LogP contribution in [0.15, 0.2) is 52.2 Å². The summed E-state index contributed by atoms with van der Waals surface area (Å²) in [4.78, 5) is 42.6. The maximum Gasteiger partial charge on any atom is 0.352 e. The van der Waals surface area contributed by atoms with Crippen molar-refractivity contribution in [2.75, 3.05) is 14.2 Å². The van der Waals surface area contributed by atoms with Gasteiger partial charge in [-0.2, -0.15) is 9.78 Å². The SMILES string of the molecule is CCCn1c(=O)c(C(=O)NCc2ccccn2)nn(-c2ccc(OC)c(OC)c2)c1=O. The van der Waals surface area contributed by atoms with E-state index in [2.05, 4.69) is 15.4 Å². The van der Waals surface area contributed by atoms with Crippen LogP contribution in [0.2, 0.25) is 0 Å². The summed E-state index contributed by atoms with van der Waals surface area (Å²) >= 11 is 0. The summed E-state index contributed by atoms with van der Waals surface area (Å²) in [5, 5.41) is 6.70. The van der Waals surface area contributed by atoms with Gasteiger partial charge in [0.2, 0.25) is 5.69 Å². The van der Waals surface area contributed by atoms with E-state index in [1.165, 1.54) is 14.2 Å². The van der Waals surface area contributed by atoms with E-state index >= 15 is 0 Å². The van der Waals surface area contributed by atoms with Crippen LogP contribution in [0, 0.1) is 0 Å². The normalized spacial score (nSPS) is 10.5. The number of methoxy groups -OCH3 is 2. The minimum atomic E-state index is -0.748. The van der Waals surface area contributed by atoms with E-state index in [1.807, 2.05) is 6.92 Å². The number of carbonyl (C=O) groups excluding carboxylic acids is 1. The predicted molar refractivity (Wildman–Crippen MR) is 113 cm³/mol. The van der Waals surface area contributed by atoms with Gasteiger partial charge in [-0.15, -0.1) is 0 Å². The van der Waals surface area contributed by atoms with Crippen LogP contribution in [0.1, 0.15) is 29.5 Å². The molecule has 0 bridgehead atoms. The van der Waals surface area contributed by atoms with Crippen molar-refractivity contribution >= 4 is 5.91 Å². The van der Waals surface area contributed by atoms with Crippen molar-refractivity contribution in [3.63, 3.8) is 0 Å². The molecule has 0 unspecified atom stereocenters. The van der Waals surface area contributed by atoms with Crippen molar-refractivity contribution in [1.29, 1.82) is 0 Å². The quantitative estimate of drug-likeness (QED) is 0.575. The van der Waals surface area contributed by atoms with Gasteiger partial charge in [-0.3, -0.25) is 19.1 Å². The third-order valence-electron chi connectivity index (χ3n) is 4.49. The number of aromatic nitrogens is 4. The van der Waals surface area contributed by atoms with E-state index in [1.54, 1.807) is 42.6 Å². The van der Waals surface area contributed by atoms with Gasteiger partial charge in [0, 0.05) is 18.8 Å². The fourth-order valence-corrected chi connectivity index (χ4v) is 2.96. The number of nitrogens with one attached hydrogen (secondary N) is 1. The molecular weight excluding hydrogens is 402 g/mol. The Morgan fingerprint density at radius 3 is 2.52 bits per heavy atom. The Hall–Kier alpha value is -3.95. The summed E-state index contributed by atoms with van der Waals surface area (Å²) in [6, 6.07) is 10.0. The van der Waals surface area contributed by atoms with Crippen LogP contribution in [-0.4, -0.2) is 39.5 Å². The Kier molecular flexibility index (Phi) is 6.81. The van der Waals surface area contributed by atoms with E-state index < -0.39 is 22.9 Å². The molecule has 0 spiro atoms. The maximum atomic E-state index is 12.9. The van der Waals surface area contributed by atoms with E-state index in [4.69, 9.17) is 9.47 Å². The number of amides is 1. The van der Waals surface area contributed by atoms with Gasteiger partial charge in [0.25, 0.3) is 11.5 Å². The third-order valence-corrected chi connectivity index (χ3v) is 4.49. The Morgan fingerprint density at radius 2 is 1.87 bits per heavy atom. The van der Waals surface area contributed by atoms with E-state index in [-0.39, 0.29) is 13.1 Å². The van der Waals surface area contributed by atoms with Crippen LogP contribution in [-0.2, 0) is 13.1 Å². The van der Waals surface area contributed by atoms with Gasteiger partial charge < -0.3 is 14.8 Å². The van der Waals surface area contributed by atoms with E-state index in [9.17, 15) is 14.4 Å². The molecule has 0 saturated carbocycles. The molecule has 2 heterocycles. The summed E-state index contributed by atoms with van der Waals surface area (Å²) in [6.45, 7) is 2.09. The molecule has 31 heavy (non-hydrogen) atoms. The van der Waals surface area contributed by atoms with Gasteiger partial charge in [-0.25, -0.2) is 4.79 Å². The molecule has 10 heteroatoms. The molecule has 0 aliphatic rings. The fraction of sp³-hybridized carbons (Fsp3) is 0.286. The van der Waals surface area contributed by atoms with Crippen LogP contribution in [0.4, 0.5) is 0 Å². The highest BCUT2D eigenvalue weighted by Gasteiger charge is 2.20. The first kappa shape index (κ1) is 21.8. The van der Waals surface area contributed by atoms with Crippen LogP contribution in [0.5, 0.6) is 11.5 Å². The Bertz CT molecular complexity index is 1190. The lowest BCUT2D eigenvalue weighted by molar-refractivity contribution is 0.0940. The molecule has 2 aromatic heterocycles. The van der Waals surface area contributed by atoms with Gasteiger partial charge in [0.15, 0.2) is 11.5 Å². The Labute approximate surface area is 178 Å². The molecule has 0 atom stereocenters. The van der Waals surface area contributed by atoms with Gasteiger partial charge in [0.05, 0.1) is 32.1 Å². The first-order chi connectivity index (χ1) is 15.0. The average Bonchev–Trinajstić information content (AvgIpc) is 2.80. The second-order valence-electron chi connectivity index (χ2n) is 6.54. The predicted octanol–water partition coefficient (Wildman–Crippen LogP) is 1.15. The molecule has 162 valence electrons. The van der Waals surface area contributed by atoms with Gasteiger partial charge in [-0.1, -0.05) is 13.0 Å². The number of pyridine rings is 1. The van der Waals surface area contributed by atoms with Gasteiger partial charge in [0.1, 0.15) is 0 Å². The standard InChI is InChI=1S/C21H23N5O5/c1-4-11-25-20(28)18(19(27)23-13-14-7-5-6-10-22-14)24-26(21(25)29)15-8-9-16(30-2)17(12-15)31-3/h5-10,12H,4,11,13H2,1-3H3,(H,23,27). The van der Waals surface area contributed by atoms with Crippen molar-refractivity contribution in [3.8, 4) is 17.2 Å². The second kappa shape index (κ2) is 9.70. The number of rotatable bonds is 8. The Balaban J connectivity index is 2.06. The van der Waals surface area contributed by atoms with E-state index in [0.29, 0.717) is 29.3 Å². The molecule has 0 radical (unpaired) electrons. The number of carbonyl (C=O) groups is 1. The molecule has 0 fully saturated rings. The largest absolute Gasteiger partial charge is 0.493 e. The number of ether oxygens (including phenoxy) is 2. The summed E-state index contributed by atoms with van der Waals surface area (Å²) in [7, 11) is 2.96. The zero-order chi connectivity index (χ0) is 22.4. The lowest BCUT2D eigenvalue weighted by Crippen LogP contribution is -2.45. The van der Waals surface area contributed by atoms with Crippen molar-refractivity contribution in [2.24, 2.45) is 0 Å². The lowest BCUT2D eigenvalue weighted by atomic mass is 10.2. The van der Waals surface area contributed by atoms with Crippen molar-refractivity contribution in [3.05, 3.63) is 74.8 Å². The number of benzene rings is 1. The topological polar surface area (TPSA) is 117 Å². The molecule has 1 N–H and O–H groups in total. The smallest absolute Gasteiger partial charge is 0.352 e. The van der Waals surface area contributed by atoms with Crippen LogP contribution in [0.3, 0.4) is 0 Å². The van der Waals surface area contributed by atoms with Crippen LogP contribution in [0.25, 0.3) is 5.69 Å². The maximum absolute atomic E-state index is 12.9. The minimum absolute atomic E-state index is 0.115. The zero-order valence-corrected chi connectivity index (χ0v) is 17.5. The third kappa shape index (κ3) is 4.63.